The maximum Gasteiger partial charge on any atom is 0.133 e. The second-order valence-electron chi connectivity index (χ2n) is 6.33. The first kappa shape index (κ1) is 16.1. The predicted molar refractivity (Wildman–Crippen MR) is 88.2 cm³/mol. The van der Waals surface area contributed by atoms with E-state index in [0.717, 1.165) is 29.2 Å². The molecule has 1 aromatic heterocycles. The van der Waals surface area contributed by atoms with Gasteiger partial charge in [-0.05, 0) is 46.2 Å². The van der Waals surface area contributed by atoms with Crippen molar-refractivity contribution in [1.29, 1.82) is 0 Å². The number of nitrogens with one attached hydrogen (secondary N) is 1. The molecule has 1 N–H and O–H groups in total. The topological polar surface area (TPSA) is 24.9 Å². The van der Waals surface area contributed by atoms with E-state index in [4.69, 9.17) is 0 Å². The molecule has 0 fully saturated rings. The highest BCUT2D eigenvalue weighted by atomic mass is 32.1. The molecule has 2 aromatic rings. The van der Waals surface area contributed by atoms with Crippen molar-refractivity contribution in [2.75, 3.05) is 0 Å². The van der Waals surface area contributed by atoms with Gasteiger partial charge in [-0.25, -0.2) is 9.37 Å². The van der Waals surface area contributed by atoms with Crippen molar-refractivity contribution in [2.24, 2.45) is 0 Å². The number of rotatable bonds is 4. The third-order valence-electron chi connectivity index (χ3n) is 3.24. The lowest BCUT2D eigenvalue weighted by molar-refractivity contribution is 0.425. The lowest BCUT2D eigenvalue weighted by atomic mass is 10.1. The Balaban J connectivity index is 2.34. The van der Waals surface area contributed by atoms with Gasteiger partial charge in [0.25, 0.3) is 0 Å². The number of aryl methyl sites for hydroxylation is 2. The second kappa shape index (κ2) is 6.24. The standard InChI is InChI=1S/C17H23FN2S/c1-6-14-15(10-19-17(3,4)5)21-16(20-14)12-9-11(2)7-8-13(12)18/h7-9,19H,6,10H2,1-5H3. The van der Waals surface area contributed by atoms with Crippen LogP contribution in [0.25, 0.3) is 10.6 Å². The molecule has 0 aliphatic rings. The minimum Gasteiger partial charge on any atom is -0.307 e. The van der Waals surface area contributed by atoms with Gasteiger partial charge in [-0.3, -0.25) is 0 Å². The average Bonchev–Trinajstić information content (AvgIpc) is 2.81. The van der Waals surface area contributed by atoms with Crippen molar-refractivity contribution in [3.8, 4) is 10.6 Å². The normalized spacial score (nSPS) is 11.9. The number of nitrogens with zero attached hydrogens (tertiary/aromatic N) is 1. The van der Waals surface area contributed by atoms with Crippen LogP contribution in [-0.2, 0) is 13.0 Å². The first-order valence-corrected chi connectivity index (χ1v) is 8.12. The molecule has 0 saturated heterocycles. The smallest absolute Gasteiger partial charge is 0.133 e. The SMILES string of the molecule is CCc1nc(-c2cc(C)ccc2F)sc1CNC(C)(C)C. The monoisotopic (exact) mass is 306 g/mol. The van der Waals surface area contributed by atoms with Crippen molar-refractivity contribution in [2.45, 2.75) is 53.1 Å². The summed E-state index contributed by atoms with van der Waals surface area (Å²) in [6.07, 6.45) is 0.866. The molecule has 1 aromatic carbocycles. The van der Waals surface area contributed by atoms with Gasteiger partial charge < -0.3 is 5.32 Å². The summed E-state index contributed by atoms with van der Waals surface area (Å²) in [4.78, 5) is 5.84. The second-order valence-corrected chi connectivity index (χ2v) is 7.41. The fraction of sp³-hybridized carbons (Fsp3) is 0.471. The van der Waals surface area contributed by atoms with E-state index in [0.29, 0.717) is 5.56 Å². The average molecular weight is 306 g/mol. The van der Waals surface area contributed by atoms with Crippen LogP contribution in [0.4, 0.5) is 4.39 Å². The van der Waals surface area contributed by atoms with Gasteiger partial charge in [-0.15, -0.1) is 11.3 Å². The minimum absolute atomic E-state index is 0.0593. The molecular weight excluding hydrogens is 283 g/mol. The summed E-state index contributed by atoms with van der Waals surface area (Å²) < 4.78 is 14.0. The van der Waals surface area contributed by atoms with Crippen LogP contribution in [0.2, 0.25) is 0 Å². The number of hydrogen-bond acceptors (Lipinski definition) is 3. The number of aromatic nitrogens is 1. The molecule has 0 aliphatic heterocycles. The van der Waals surface area contributed by atoms with Gasteiger partial charge in [0.15, 0.2) is 0 Å². The van der Waals surface area contributed by atoms with Gasteiger partial charge >= 0.3 is 0 Å². The van der Waals surface area contributed by atoms with Crippen molar-refractivity contribution < 1.29 is 4.39 Å². The fourth-order valence-corrected chi connectivity index (χ4v) is 3.17. The molecule has 0 bridgehead atoms. The van der Waals surface area contributed by atoms with Crippen LogP contribution < -0.4 is 5.32 Å². The third kappa shape index (κ3) is 4.11. The molecule has 0 radical (unpaired) electrons. The van der Waals surface area contributed by atoms with Gasteiger partial charge in [0.2, 0.25) is 0 Å². The summed E-state index contributed by atoms with van der Waals surface area (Å²) in [7, 11) is 0. The zero-order valence-electron chi connectivity index (χ0n) is 13.4. The van der Waals surface area contributed by atoms with Crippen molar-refractivity contribution in [1.82, 2.24) is 10.3 Å². The first-order chi connectivity index (χ1) is 9.80. The number of hydrogen-bond donors (Lipinski definition) is 1. The van der Waals surface area contributed by atoms with Crippen LogP contribution in [0.3, 0.4) is 0 Å². The minimum atomic E-state index is -0.202. The molecule has 114 valence electrons. The Hall–Kier alpha value is -1.26. The lowest BCUT2D eigenvalue weighted by Gasteiger charge is -2.20. The van der Waals surface area contributed by atoms with E-state index >= 15 is 0 Å². The number of thiazole rings is 1. The Morgan fingerprint density at radius 3 is 2.62 bits per heavy atom. The van der Waals surface area contributed by atoms with E-state index in [1.54, 1.807) is 17.4 Å². The molecule has 1 heterocycles. The zero-order chi connectivity index (χ0) is 15.6. The summed E-state index contributed by atoms with van der Waals surface area (Å²) in [6.45, 7) is 11.3. The maximum absolute atomic E-state index is 14.0. The van der Waals surface area contributed by atoms with E-state index in [1.165, 1.54) is 10.9 Å². The van der Waals surface area contributed by atoms with Crippen LogP contribution in [0, 0.1) is 12.7 Å². The number of halogens is 1. The van der Waals surface area contributed by atoms with Crippen molar-refractivity contribution >= 4 is 11.3 Å². The van der Waals surface area contributed by atoms with Gasteiger partial charge in [0.05, 0.1) is 5.69 Å². The van der Waals surface area contributed by atoms with Crippen LogP contribution in [0.15, 0.2) is 18.2 Å². The molecule has 21 heavy (non-hydrogen) atoms. The Labute approximate surface area is 130 Å². The van der Waals surface area contributed by atoms with Crippen LogP contribution >= 0.6 is 11.3 Å². The fourth-order valence-electron chi connectivity index (χ4n) is 2.06. The van der Waals surface area contributed by atoms with Gasteiger partial charge in [0.1, 0.15) is 10.8 Å². The van der Waals surface area contributed by atoms with Gasteiger partial charge in [-0.1, -0.05) is 18.6 Å². The highest BCUT2D eigenvalue weighted by molar-refractivity contribution is 7.15. The van der Waals surface area contributed by atoms with Crippen LogP contribution in [0.1, 0.15) is 43.8 Å². The van der Waals surface area contributed by atoms with E-state index in [9.17, 15) is 4.39 Å². The van der Waals surface area contributed by atoms with Crippen molar-refractivity contribution in [3.05, 3.63) is 40.2 Å². The molecule has 2 nitrogen and oxygen atoms in total. The summed E-state index contributed by atoms with van der Waals surface area (Å²) >= 11 is 1.59. The summed E-state index contributed by atoms with van der Waals surface area (Å²) in [5.74, 6) is -0.202. The zero-order valence-corrected chi connectivity index (χ0v) is 14.2. The molecule has 0 atom stereocenters. The van der Waals surface area contributed by atoms with Gasteiger partial charge in [0, 0.05) is 22.5 Å². The highest BCUT2D eigenvalue weighted by Crippen LogP contribution is 2.31. The van der Waals surface area contributed by atoms with Crippen LogP contribution in [0.5, 0.6) is 0 Å². The molecule has 2 rings (SSSR count). The molecule has 0 amide bonds. The molecule has 4 heteroatoms. The summed E-state index contributed by atoms with van der Waals surface area (Å²) in [6, 6.07) is 5.18. The predicted octanol–water partition coefficient (Wildman–Crippen LogP) is 4.71. The molecule has 0 aliphatic carbocycles. The third-order valence-corrected chi connectivity index (χ3v) is 4.38. The van der Waals surface area contributed by atoms with Crippen molar-refractivity contribution in [3.63, 3.8) is 0 Å². The summed E-state index contributed by atoms with van der Waals surface area (Å²) in [5, 5.41) is 4.26. The quantitative estimate of drug-likeness (QED) is 0.885. The molecule has 0 spiro atoms. The molecule has 0 unspecified atom stereocenters. The van der Waals surface area contributed by atoms with E-state index in [2.05, 4.69) is 38.0 Å². The maximum atomic E-state index is 14.0. The first-order valence-electron chi connectivity index (χ1n) is 7.30. The van der Waals surface area contributed by atoms with Crippen LogP contribution in [-0.4, -0.2) is 10.5 Å². The number of benzene rings is 1. The Morgan fingerprint density at radius 2 is 2.00 bits per heavy atom. The van der Waals surface area contributed by atoms with E-state index in [-0.39, 0.29) is 11.4 Å². The van der Waals surface area contributed by atoms with E-state index in [1.807, 2.05) is 13.0 Å². The largest absolute Gasteiger partial charge is 0.307 e. The Bertz CT molecular complexity index is 626. The summed E-state index contributed by atoms with van der Waals surface area (Å²) in [5.41, 5.74) is 2.78. The Kier molecular flexibility index (Phi) is 4.79. The Morgan fingerprint density at radius 1 is 1.29 bits per heavy atom. The molecule has 0 saturated carbocycles. The lowest BCUT2D eigenvalue weighted by Crippen LogP contribution is -2.35. The highest BCUT2D eigenvalue weighted by Gasteiger charge is 2.16. The van der Waals surface area contributed by atoms with Gasteiger partial charge in [-0.2, -0.15) is 0 Å². The van der Waals surface area contributed by atoms with E-state index < -0.39 is 0 Å². The molecular formula is C17H23FN2S.